The second-order valence-electron chi connectivity index (χ2n) is 8.63. The van der Waals surface area contributed by atoms with Crippen molar-refractivity contribution in [3.8, 4) is 0 Å². The van der Waals surface area contributed by atoms with E-state index in [-0.39, 0.29) is 17.2 Å². The topological polar surface area (TPSA) is 70.6 Å². The first-order valence-electron chi connectivity index (χ1n) is 10.8. The van der Waals surface area contributed by atoms with Gasteiger partial charge in [0.15, 0.2) is 15.0 Å². The third kappa shape index (κ3) is 5.93. The summed E-state index contributed by atoms with van der Waals surface area (Å²) in [7, 11) is 0.661. The second kappa shape index (κ2) is 10.5. The van der Waals surface area contributed by atoms with Crippen LogP contribution in [0.25, 0.3) is 10.2 Å². The molecule has 9 heteroatoms. The molecule has 0 bridgehead atoms. The molecule has 33 heavy (non-hydrogen) atoms. The molecule has 0 atom stereocenters. The van der Waals surface area contributed by atoms with E-state index in [0.717, 1.165) is 34.3 Å². The largest absolute Gasteiger partial charge is 0.309 e. The molecule has 0 saturated heterocycles. The number of sulfone groups is 1. The standard InChI is InChI=1S/C24H30ClN3O3S2/c1-16(2)33(30,31)19-9-7-18(8-10-19)15-22(29)28(14-6-13-27(4)5)24-26-23-17(3)20(25)11-12-21(23)32-24/h7-12,16H,6,13-15H2,1-5H3. The van der Waals surface area contributed by atoms with Gasteiger partial charge in [-0.25, -0.2) is 13.4 Å². The van der Waals surface area contributed by atoms with Crippen molar-refractivity contribution >= 4 is 54.0 Å². The lowest BCUT2D eigenvalue weighted by Crippen LogP contribution is -2.34. The highest BCUT2D eigenvalue weighted by Crippen LogP contribution is 2.34. The van der Waals surface area contributed by atoms with Crippen LogP contribution in [0.4, 0.5) is 5.13 Å². The molecule has 0 radical (unpaired) electrons. The molecular formula is C24H30ClN3O3S2. The summed E-state index contributed by atoms with van der Waals surface area (Å²) in [6.45, 7) is 6.64. The number of amides is 1. The molecule has 0 N–H and O–H groups in total. The van der Waals surface area contributed by atoms with E-state index in [1.807, 2.05) is 33.2 Å². The van der Waals surface area contributed by atoms with Crippen molar-refractivity contribution in [2.24, 2.45) is 0 Å². The number of thiazole rings is 1. The van der Waals surface area contributed by atoms with E-state index in [2.05, 4.69) is 4.90 Å². The van der Waals surface area contributed by atoms with E-state index >= 15 is 0 Å². The average Bonchev–Trinajstić information content (AvgIpc) is 3.18. The Kier molecular flexibility index (Phi) is 8.16. The third-order valence-corrected chi connectivity index (χ3v) is 9.11. The predicted octanol–water partition coefficient (Wildman–Crippen LogP) is 4.97. The summed E-state index contributed by atoms with van der Waals surface area (Å²) < 4.78 is 25.7. The number of rotatable bonds is 9. The molecule has 0 spiro atoms. The monoisotopic (exact) mass is 507 g/mol. The SMILES string of the molecule is Cc1c(Cl)ccc2sc(N(CCCN(C)C)C(=O)Cc3ccc(S(=O)(=O)C(C)C)cc3)nc12. The van der Waals surface area contributed by atoms with Gasteiger partial charge in [0, 0.05) is 11.6 Å². The predicted molar refractivity (Wildman–Crippen MR) is 137 cm³/mol. The molecule has 0 saturated carbocycles. The zero-order chi connectivity index (χ0) is 24.3. The van der Waals surface area contributed by atoms with Crippen LogP contribution in [0.2, 0.25) is 5.02 Å². The fourth-order valence-electron chi connectivity index (χ4n) is 3.42. The van der Waals surface area contributed by atoms with Crippen molar-refractivity contribution < 1.29 is 13.2 Å². The number of hydrogen-bond donors (Lipinski definition) is 0. The maximum atomic E-state index is 13.3. The summed E-state index contributed by atoms with van der Waals surface area (Å²) in [5.74, 6) is -0.0731. The molecule has 6 nitrogen and oxygen atoms in total. The highest BCUT2D eigenvalue weighted by atomic mass is 35.5. The first kappa shape index (κ1) is 25.6. The van der Waals surface area contributed by atoms with Gasteiger partial charge in [-0.1, -0.05) is 35.1 Å². The van der Waals surface area contributed by atoms with Crippen LogP contribution in [0, 0.1) is 6.92 Å². The molecule has 2 aromatic carbocycles. The maximum absolute atomic E-state index is 13.3. The molecule has 1 amide bonds. The van der Waals surface area contributed by atoms with Gasteiger partial charge in [0.05, 0.1) is 26.8 Å². The van der Waals surface area contributed by atoms with Crippen LogP contribution in [0.3, 0.4) is 0 Å². The van der Waals surface area contributed by atoms with Gasteiger partial charge in [-0.15, -0.1) is 0 Å². The van der Waals surface area contributed by atoms with Crippen LogP contribution in [0.15, 0.2) is 41.3 Å². The van der Waals surface area contributed by atoms with Crippen LogP contribution >= 0.6 is 22.9 Å². The number of hydrogen-bond acceptors (Lipinski definition) is 6. The number of fused-ring (bicyclic) bond motifs is 1. The van der Waals surface area contributed by atoms with E-state index in [1.165, 1.54) is 11.3 Å². The Balaban J connectivity index is 1.86. The smallest absolute Gasteiger partial charge is 0.233 e. The minimum Gasteiger partial charge on any atom is -0.309 e. The Morgan fingerprint density at radius 3 is 2.36 bits per heavy atom. The zero-order valence-electron chi connectivity index (χ0n) is 19.6. The Hall–Kier alpha value is -2.00. The quantitative estimate of drug-likeness (QED) is 0.409. The number of carbonyl (C=O) groups is 1. The molecule has 178 valence electrons. The lowest BCUT2D eigenvalue weighted by atomic mass is 10.1. The Labute approximate surface area is 205 Å². The number of halogens is 1. The molecule has 0 unspecified atom stereocenters. The van der Waals surface area contributed by atoms with Gasteiger partial charge >= 0.3 is 0 Å². The number of benzene rings is 2. The zero-order valence-corrected chi connectivity index (χ0v) is 22.0. The lowest BCUT2D eigenvalue weighted by molar-refractivity contribution is -0.118. The van der Waals surface area contributed by atoms with Crippen LogP contribution < -0.4 is 4.90 Å². The highest BCUT2D eigenvalue weighted by Gasteiger charge is 2.22. The number of anilines is 1. The van der Waals surface area contributed by atoms with Gasteiger partial charge in [-0.2, -0.15) is 0 Å². The van der Waals surface area contributed by atoms with Crippen molar-refractivity contribution in [2.45, 2.75) is 43.8 Å². The molecule has 1 heterocycles. The Bertz CT molecular complexity index is 1240. The van der Waals surface area contributed by atoms with Gasteiger partial charge < -0.3 is 4.90 Å². The van der Waals surface area contributed by atoms with E-state index < -0.39 is 15.1 Å². The summed E-state index contributed by atoms with van der Waals surface area (Å²) in [5, 5.41) is 0.813. The van der Waals surface area contributed by atoms with E-state index in [1.54, 1.807) is 43.0 Å². The molecule has 0 fully saturated rings. The molecule has 0 aliphatic rings. The molecule has 0 aliphatic carbocycles. The first-order valence-corrected chi connectivity index (χ1v) is 13.6. The van der Waals surface area contributed by atoms with Crippen molar-refractivity contribution in [3.05, 3.63) is 52.5 Å². The summed E-state index contributed by atoms with van der Waals surface area (Å²) in [5.41, 5.74) is 2.48. The van der Waals surface area contributed by atoms with Crippen molar-refractivity contribution in [1.29, 1.82) is 0 Å². The fourth-order valence-corrected chi connectivity index (χ4v) is 5.70. The first-order chi connectivity index (χ1) is 15.5. The number of nitrogens with zero attached hydrogens (tertiary/aromatic N) is 3. The normalized spacial score (nSPS) is 12.1. The van der Waals surface area contributed by atoms with Crippen LogP contribution in [-0.4, -0.2) is 56.6 Å². The molecule has 1 aromatic heterocycles. The van der Waals surface area contributed by atoms with Crippen LogP contribution in [0.1, 0.15) is 31.4 Å². The van der Waals surface area contributed by atoms with Crippen LogP contribution in [-0.2, 0) is 21.1 Å². The number of carbonyl (C=O) groups excluding carboxylic acids is 1. The van der Waals surface area contributed by atoms with Crippen LogP contribution in [0.5, 0.6) is 0 Å². The van der Waals surface area contributed by atoms with Gasteiger partial charge in [0.2, 0.25) is 5.91 Å². The summed E-state index contributed by atoms with van der Waals surface area (Å²) in [6, 6.07) is 10.4. The number of aromatic nitrogens is 1. The Morgan fingerprint density at radius 2 is 1.76 bits per heavy atom. The minimum atomic E-state index is -3.34. The van der Waals surface area contributed by atoms with Gasteiger partial charge in [0.25, 0.3) is 0 Å². The maximum Gasteiger partial charge on any atom is 0.233 e. The van der Waals surface area contributed by atoms with Crippen molar-refractivity contribution in [3.63, 3.8) is 0 Å². The lowest BCUT2D eigenvalue weighted by Gasteiger charge is -2.21. The molecule has 0 aliphatic heterocycles. The van der Waals surface area contributed by atoms with Crippen molar-refractivity contribution in [2.75, 3.05) is 32.1 Å². The second-order valence-corrected chi connectivity index (χ2v) is 12.6. The molecule has 3 rings (SSSR count). The summed E-state index contributed by atoms with van der Waals surface area (Å²) in [4.78, 5) is 22.2. The summed E-state index contributed by atoms with van der Waals surface area (Å²) >= 11 is 7.74. The van der Waals surface area contributed by atoms with Gasteiger partial charge in [-0.05, 0) is 83.2 Å². The highest BCUT2D eigenvalue weighted by molar-refractivity contribution is 7.92. The molecular weight excluding hydrogens is 478 g/mol. The average molecular weight is 508 g/mol. The third-order valence-electron chi connectivity index (χ3n) is 5.48. The van der Waals surface area contributed by atoms with Crippen molar-refractivity contribution in [1.82, 2.24) is 9.88 Å². The summed E-state index contributed by atoms with van der Waals surface area (Å²) in [6.07, 6.45) is 0.972. The minimum absolute atomic E-state index is 0.0731. The molecule has 3 aromatic rings. The number of aryl methyl sites for hydroxylation is 1. The van der Waals surface area contributed by atoms with Gasteiger partial charge in [-0.3, -0.25) is 9.69 Å². The Morgan fingerprint density at radius 1 is 1.09 bits per heavy atom. The fraction of sp³-hybridized carbons (Fsp3) is 0.417. The van der Waals surface area contributed by atoms with E-state index in [9.17, 15) is 13.2 Å². The van der Waals surface area contributed by atoms with E-state index in [0.29, 0.717) is 16.7 Å². The van der Waals surface area contributed by atoms with Gasteiger partial charge in [0.1, 0.15) is 0 Å². The van der Waals surface area contributed by atoms with E-state index in [4.69, 9.17) is 16.6 Å².